The number of carbonyl (C=O) groups excluding carboxylic acids is 2. The minimum atomic E-state index is -4.09. The number of nitrogens with one attached hydrogen (secondary N) is 1. The van der Waals surface area contributed by atoms with E-state index in [1.165, 1.54) is 24.3 Å². The number of nitrogens with two attached hydrogens (primary N) is 1. The zero-order valence-electron chi connectivity index (χ0n) is 23.4. The summed E-state index contributed by atoms with van der Waals surface area (Å²) in [5.41, 5.74) is 6.96. The second-order valence-electron chi connectivity index (χ2n) is 9.40. The second kappa shape index (κ2) is 17.5. The van der Waals surface area contributed by atoms with Gasteiger partial charge in [-0.3, -0.25) is 4.79 Å². The number of benzene rings is 2. The summed E-state index contributed by atoms with van der Waals surface area (Å²) in [6.07, 6.45) is 1.67. The zero-order chi connectivity index (χ0) is 28.3. The van der Waals surface area contributed by atoms with Crippen molar-refractivity contribution in [3.63, 3.8) is 0 Å². The largest absolute Gasteiger partial charge is 1.00 e. The van der Waals surface area contributed by atoms with E-state index < -0.39 is 22.0 Å². The molecule has 0 spiro atoms. The first kappa shape index (κ1) is 35.8. The molecule has 0 heterocycles. The molecule has 0 aliphatic carbocycles. The van der Waals surface area contributed by atoms with Crippen LogP contribution in [-0.2, 0) is 26.0 Å². The fourth-order valence-corrected chi connectivity index (χ4v) is 5.76. The number of aryl methyl sites for hydroxylation is 1. The van der Waals surface area contributed by atoms with Crippen molar-refractivity contribution in [2.75, 3.05) is 33.0 Å². The molecule has 39 heavy (non-hydrogen) atoms. The van der Waals surface area contributed by atoms with Gasteiger partial charge in [-0.05, 0) is 67.5 Å². The van der Waals surface area contributed by atoms with Gasteiger partial charge in [-0.15, -0.1) is 0 Å². The summed E-state index contributed by atoms with van der Waals surface area (Å²) >= 11 is 0. The number of rotatable bonds is 16. The molecule has 0 aliphatic rings. The van der Waals surface area contributed by atoms with Gasteiger partial charge in [0.2, 0.25) is 15.9 Å². The van der Waals surface area contributed by atoms with Crippen LogP contribution in [0.25, 0.3) is 0 Å². The zero-order valence-corrected chi connectivity index (χ0v) is 30.5. The minimum Gasteiger partial charge on any atom is -0.548 e. The van der Waals surface area contributed by atoms with Crippen molar-refractivity contribution in [2.45, 2.75) is 56.9 Å². The summed E-state index contributed by atoms with van der Waals surface area (Å²) in [5, 5.41) is 14.8. The standard InChI is InChI=1S/C27H39N3O7S.Cs/c1-19(2)18-30(38(34,35)23-13-10-21(28)11-14-23)24(27(32)33)7-5-6-16-29-26(31)15-9-20-8-12-22(36-3)17-25(20)37-4;/h8,10-14,17,19,24H,5-7,9,15-16,18,28H2,1-4H3,(H,29,31)(H,32,33);/q;+1/p-1/t24-;/m0./s1. The number of aliphatic carboxylic acids is 1. The number of carboxylic acid groups (broad SMARTS) is 1. The Labute approximate surface area is 290 Å². The Kier molecular flexibility index (Phi) is 16.1. The van der Waals surface area contributed by atoms with Crippen molar-refractivity contribution >= 4 is 27.6 Å². The Hall–Kier alpha value is -1.26. The summed E-state index contributed by atoms with van der Waals surface area (Å²) in [6, 6.07) is 9.73. The predicted octanol–water partition coefficient (Wildman–Crippen LogP) is -1.03. The Bertz CT molecular complexity index is 1170. The Morgan fingerprint density at radius 1 is 1.05 bits per heavy atom. The molecule has 1 atom stereocenters. The first-order chi connectivity index (χ1) is 18.0. The van der Waals surface area contributed by atoms with Gasteiger partial charge in [-0.1, -0.05) is 19.9 Å². The minimum absolute atomic E-state index is 0. The van der Waals surface area contributed by atoms with Crippen molar-refractivity contribution < 1.29 is 101 Å². The molecule has 10 nitrogen and oxygen atoms in total. The molecule has 2 aromatic rings. The summed E-state index contributed by atoms with van der Waals surface area (Å²) in [7, 11) is -0.964. The van der Waals surface area contributed by atoms with Gasteiger partial charge >= 0.3 is 68.9 Å². The first-order valence-corrected chi connectivity index (χ1v) is 14.0. The van der Waals surface area contributed by atoms with Gasteiger partial charge < -0.3 is 30.4 Å². The van der Waals surface area contributed by atoms with Gasteiger partial charge in [-0.2, -0.15) is 4.31 Å². The molecular formula is C27H38CsN3O7S. The maximum absolute atomic E-state index is 13.3. The van der Waals surface area contributed by atoms with Crippen molar-refractivity contribution in [1.82, 2.24) is 9.62 Å². The van der Waals surface area contributed by atoms with Crippen LogP contribution in [0.1, 0.15) is 45.1 Å². The molecular weight excluding hydrogens is 643 g/mol. The van der Waals surface area contributed by atoms with E-state index in [9.17, 15) is 23.1 Å². The van der Waals surface area contributed by atoms with Crippen LogP contribution in [0.4, 0.5) is 5.69 Å². The topological polar surface area (TPSA) is 151 Å². The molecule has 0 radical (unpaired) electrons. The SMILES string of the molecule is COc1ccc(CCC(=O)NCCCC[C@@H](C(=O)[O-])N(CC(C)C)S(=O)(=O)c2ccc(N)cc2)c(OC)c1.[Cs+]. The van der Waals surface area contributed by atoms with Gasteiger partial charge in [0.15, 0.2) is 0 Å². The molecule has 3 N–H and O–H groups in total. The summed E-state index contributed by atoms with van der Waals surface area (Å²) < 4.78 is 38.1. The van der Waals surface area contributed by atoms with E-state index in [2.05, 4.69) is 5.32 Å². The third kappa shape index (κ3) is 11.3. The molecule has 2 rings (SSSR count). The number of carboxylic acids is 1. The second-order valence-corrected chi connectivity index (χ2v) is 11.3. The number of nitrogen functional groups attached to an aromatic ring is 1. The summed E-state index contributed by atoms with van der Waals surface area (Å²) in [4.78, 5) is 24.3. The van der Waals surface area contributed by atoms with Gasteiger partial charge in [0, 0.05) is 31.3 Å². The van der Waals surface area contributed by atoms with Crippen LogP contribution in [0.5, 0.6) is 11.5 Å². The van der Waals surface area contributed by atoms with Crippen molar-refractivity contribution in [1.29, 1.82) is 0 Å². The molecule has 12 heteroatoms. The van der Waals surface area contributed by atoms with E-state index >= 15 is 0 Å². The van der Waals surface area contributed by atoms with Crippen LogP contribution in [-0.4, -0.2) is 58.0 Å². The predicted molar refractivity (Wildman–Crippen MR) is 143 cm³/mol. The third-order valence-electron chi connectivity index (χ3n) is 5.99. The number of hydrogen-bond acceptors (Lipinski definition) is 8. The van der Waals surface area contributed by atoms with Crippen LogP contribution in [0.2, 0.25) is 0 Å². The fourth-order valence-electron chi connectivity index (χ4n) is 3.99. The number of hydrogen-bond donors (Lipinski definition) is 2. The Morgan fingerprint density at radius 2 is 1.72 bits per heavy atom. The van der Waals surface area contributed by atoms with Crippen LogP contribution in [0.15, 0.2) is 47.4 Å². The van der Waals surface area contributed by atoms with E-state index in [1.807, 2.05) is 19.9 Å². The average Bonchev–Trinajstić information content (AvgIpc) is 2.88. The van der Waals surface area contributed by atoms with Crippen LogP contribution in [0.3, 0.4) is 0 Å². The number of ether oxygens (including phenoxy) is 2. The van der Waals surface area contributed by atoms with Gasteiger partial charge in [0.05, 0.1) is 31.1 Å². The number of carbonyl (C=O) groups is 2. The Morgan fingerprint density at radius 3 is 2.28 bits per heavy atom. The molecule has 0 unspecified atom stereocenters. The van der Waals surface area contributed by atoms with Crippen molar-refractivity contribution in [3.05, 3.63) is 48.0 Å². The van der Waals surface area contributed by atoms with E-state index in [0.29, 0.717) is 43.0 Å². The Balaban J connectivity index is 0.00000760. The maximum atomic E-state index is 13.3. The van der Waals surface area contributed by atoms with Crippen molar-refractivity contribution in [2.24, 2.45) is 5.92 Å². The van der Waals surface area contributed by atoms with E-state index in [4.69, 9.17) is 15.2 Å². The third-order valence-corrected chi connectivity index (χ3v) is 7.88. The van der Waals surface area contributed by atoms with Crippen molar-refractivity contribution in [3.8, 4) is 11.5 Å². The van der Waals surface area contributed by atoms with Gasteiger partial charge in [-0.25, -0.2) is 8.42 Å². The number of anilines is 1. The average molecular weight is 682 g/mol. The molecule has 0 saturated heterocycles. The molecule has 1 amide bonds. The molecule has 0 fully saturated rings. The molecule has 210 valence electrons. The molecule has 0 aliphatic heterocycles. The van der Waals surface area contributed by atoms with E-state index in [1.54, 1.807) is 26.4 Å². The number of unbranched alkanes of at least 4 members (excludes halogenated alkanes) is 1. The number of sulfonamides is 1. The van der Waals surface area contributed by atoms with Crippen LogP contribution in [0, 0.1) is 5.92 Å². The van der Waals surface area contributed by atoms with Gasteiger partial charge in [0.1, 0.15) is 11.5 Å². The number of amides is 1. The quantitative estimate of drug-likeness (QED) is 0.169. The molecule has 2 aromatic carbocycles. The normalized spacial score (nSPS) is 12.1. The number of methoxy groups -OCH3 is 2. The molecule has 0 bridgehead atoms. The van der Waals surface area contributed by atoms with E-state index in [0.717, 1.165) is 9.87 Å². The fraction of sp³-hybridized carbons (Fsp3) is 0.481. The smallest absolute Gasteiger partial charge is 0.548 e. The van der Waals surface area contributed by atoms with E-state index in [-0.39, 0.29) is 105 Å². The van der Waals surface area contributed by atoms with Crippen LogP contribution >= 0.6 is 0 Å². The maximum Gasteiger partial charge on any atom is 1.00 e. The summed E-state index contributed by atoms with van der Waals surface area (Å²) in [6.45, 7) is 3.99. The van der Waals surface area contributed by atoms with Gasteiger partial charge in [0.25, 0.3) is 0 Å². The number of nitrogens with zero attached hydrogens (tertiary/aromatic N) is 1. The first-order valence-electron chi connectivity index (χ1n) is 12.6. The van der Waals surface area contributed by atoms with Crippen LogP contribution < -0.4 is 94.5 Å². The molecule has 0 saturated carbocycles. The summed E-state index contributed by atoms with van der Waals surface area (Å²) in [5.74, 6) is -0.402. The monoisotopic (exact) mass is 681 g/mol. The molecule has 0 aromatic heterocycles.